The zero-order valence-electron chi connectivity index (χ0n) is 8.13. The minimum Gasteiger partial charge on any atom is -0.228 e. The van der Waals surface area contributed by atoms with Crippen molar-refractivity contribution in [3.63, 3.8) is 0 Å². The Bertz CT molecular complexity index is 393. The van der Waals surface area contributed by atoms with Crippen LogP contribution >= 0.6 is 0 Å². The molecule has 1 unspecified atom stereocenters. The predicted molar refractivity (Wildman–Crippen MR) is 34.9 cm³/mol. The summed E-state index contributed by atoms with van der Waals surface area (Å²) in [4.78, 5) is -4.42. The van der Waals surface area contributed by atoms with Gasteiger partial charge in [0.1, 0.15) is 0 Å². The maximum atomic E-state index is 12.9. The molecule has 0 radical (unpaired) electrons. The summed E-state index contributed by atoms with van der Waals surface area (Å²) in [5.74, 6) is -6.55. The molecule has 112 valence electrons. The number of hydrogen-bond donors (Lipinski definition) is 0. The normalized spacial score (nSPS) is 22.6. The van der Waals surface area contributed by atoms with Crippen LogP contribution in [-0.4, -0.2) is 34.7 Å². The zero-order valence-corrected chi connectivity index (χ0v) is 8.13. The van der Waals surface area contributed by atoms with E-state index < -0.39 is 46.6 Å². The van der Waals surface area contributed by atoms with Gasteiger partial charge in [0.15, 0.2) is 0 Å². The van der Waals surface area contributed by atoms with E-state index in [-0.39, 0.29) is 0 Å². The van der Waals surface area contributed by atoms with E-state index in [1.165, 1.54) is 0 Å². The van der Waals surface area contributed by atoms with Crippen molar-refractivity contribution in [1.82, 2.24) is 9.80 Å². The molecule has 0 spiro atoms. The highest BCUT2D eigenvalue weighted by molar-refractivity contribution is 5.10. The summed E-state index contributed by atoms with van der Waals surface area (Å²) < 4.78 is 135. The fraction of sp³-hybridized carbons (Fsp3) is 0.667. The number of nitrogens with zero attached hydrogens (tertiary/aromatic N) is 2. The second kappa shape index (κ2) is 4.03. The Hall–Kier alpha value is -1.43. The van der Waals surface area contributed by atoms with Crippen molar-refractivity contribution in [1.29, 1.82) is 0 Å². The maximum Gasteiger partial charge on any atom is 0.490 e. The highest BCUT2D eigenvalue weighted by Crippen LogP contribution is 2.49. The molecule has 0 amide bonds. The van der Waals surface area contributed by atoms with Crippen molar-refractivity contribution in [3.05, 3.63) is 11.9 Å². The third-order valence-electron chi connectivity index (χ3n) is 1.94. The highest BCUT2D eigenvalue weighted by atomic mass is 19.4. The molecule has 1 rings (SSSR count). The molecule has 1 heterocycles. The van der Waals surface area contributed by atoms with Gasteiger partial charge in [-0.3, -0.25) is 0 Å². The lowest BCUT2D eigenvalue weighted by Gasteiger charge is -2.33. The molecule has 0 aromatic heterocycles. The molecule has 1 aliphatic rings. The molecule has 0 aliphatic carbocycles. The van der Waals surface area contributed by atoms with Crippen molar-refractivity contribution >= 4 is 0 Å². The third-order valence-corrected chi connectivity index (χ3v) is 1.94. The van der Waals surface area contributed by atoms with E-state index in [2.05, 4.69) is 0 Å². The van der Waals surface area contributed by atoms with E-state index in [9.17, 15) is 48.3 Å². The summed E-state index contributed by atoms with van der Waals surface area (Å²) in [6.45, 7) is 0. The lowest BCUT2D eigenvalue weighted by Crippen LogP contribution is -2.56. The van der Waals surface area contributed by atoms with Crippen molar-refractivity contribution < 1.29 is 48.3 Å². The number of halogens is 11. The average Bonchev–Trinajstić information content (AvgIpc) is 2.34. The standard InChI is InChI=1S/C6HF11N2/c7-1-2(8)19(6(15,16)17)3(9)18(1)5(13,14)4(10,11)12/h3H. The topological polar surface area (TPSA) is 6.48 Å². The van der Waals surface area contributed by atoms with E-state index in [0.717, 1.165) is 0 Å². The van der Waals surface area contributed by atoms with Gasteiger partial charge in [-0.15, -0.1) is 13.2 Å². The summed E-state index contributed by atoms with van der Waals surface area (Å²) in [6, 6.07) is -6.37. The molecule has 1 atom stereocenters. The van der Waals surface area contributed by atoms with Gasteiger partial charge >= 0.3 is 18.5 Å². The first kappa shape index (κ1) is 15.6. The summed E-state index contributed by atoms with van der Waals surface area (Å²) in [5.41, 5.74) is 0. The molecule has 0 bridgehead atoms. The van der Waals surface area contributed by atoms with Gasteiger partial charge in [-0.25, -0.2) is 9.80 Å². The van der Waals surface area contributed by atoms with Crippen LogP contribution in [0.1, 0.15) is 0 Å². The van der Waals surface area contributed by atoms with Crippen LogP contribution in [0.15, 0.2) is 11.9 Å². The van der Waals surface area contributed by atoms with Crippen LogP contribution < -0.4 is 0 Å². The highest BCUT2D eigenvalue weighted by Gasteiger charge is 2.70. The van der Waals surface area contributed by atoms with Crippen molar-refractivity contribution in [2.24, 2.45) is 0 Å². The molecule has 13 heteroatoms. The molecule has 19 heavy (non-hydrogen) atoms. The Labute approximate surface area is 96.2 Å². The summed E-state index contributed by atoms with van der Waals surface area (Å²) >= 11 is 0. The largest absolute Gasteiger partial charge is 0.490 e. The van der Waals surface area contributed by atoms with Crippen LogP contribution in [0, 0.1) is 0 Å². The summed E-state index contributed by atoms with van der Waals surface area (Å²) in [7, 11) is 0. The van der Waals surface area contributed by atoms with Crippen LogP contribution in [0.3, 0.4) is 0 Å². The number of alkyl halides is 9. The SMILES string of the molecule is FC1=C(F)N(C(F)(F)C(F)(F)F)C(F)N1C(F)(F)F. The van der Waals surface area contributed by atoms with Gasteiger partial charge in [0, 0.05) is 0 Å². The molecule has 0 fully saturated rings. The molecule has 0 saturated heterocycles. The van der Waals surface area contributed by atoms with E-state index in [1.807, 2.05) is 0 Å². The van der Waals surface area contributed by atoms with Gasteiger partial charge < -0.3 is 0 Å². The van der Waals surface area contributed by atoms with Crippen LogP contribution in [0.4, 0.5) is 48.3 Å². The number of hydrogen-bond acceptors (Lipinski definition) is 2. The molecular weight excluding hydrogens is 309 g/mol. The maximum absolute atomic E-state index is 12.9. The van der Waals surface area contributed by atoms with E-state index in [1.54, 1.807) is 0 Å². The Morgan fingerprint density at radius 1 is 0.737 bits per heavy atom. The van der Waals surface area contributed by atoms with Gasteiger partial charge in [0.2, 0.25) is 0 Å². The Kier molecular flexibility index (Phi) is 3.31. The minimum absolute atomic E-state index is 2.14. The molecule has 0 aromatic rings. The Morgan fingerprint density at radius 2 is 1.11 bits per heavy atom. The molecular formula is C6HF11N2. The van der Waals surface area contributed by atoms with Crippen molar-refractivity contribution in [2.75, 3.05) is 0 Å². The molecule has 0 N–H and O–H groups in total. The lowest BCUT2D eigenvalue weighted by atomic mass is 10.4. The van der Waals surface area contributed by atoms with Crippen molar-refractivity contribution in [2.45, 2.75) is 24.9 Å². The van der Waals surface area contributed by atoms with Crippen LogP contribution in [-0.2, 0) is 0 Å². The average molecular weight is 310 g/mol. The molecule has 1 aliphatic heterocycles. The Balaban J connectivity index is 3.28. The van der Waals surface area contributed by atoms with Gasteiger partial charge in [-0.1, -0.05) is 0 Å². The first-order chi connectivity index (χ1) is 8.23. The lowest BCUT2D eigenvalue weighted by molar-refractivity contribution is -0.366. The first-order valence-electron chi connectivity index (χ1n) is 4.02. The fourth-order valence-corrected chi connectivity index (χ4v) is 1.13. The van der Waals surface area contributed by atoms with E-state index in [4.69, 9.17) is 0 Å². The molecule has 0 aromatic carbocycles. The quantitative estimate of drug-likeness (QED) is 0.539. The van der Waals surface area contributed by atoms with Gasteiger partial charge in [-0.05, 0) is 0 Å². The van der Waals surface area contributed by atoms with Crippen LogP contribution in [0.25, 0.3) is 0 Å². The smallest absolute Gasteiger partial charge is 0.228 e. The van der Waals surface area contributed by atoms with E-state index in [0.29, 0.717) is 0 Å². The Morgan fingerprint density at radius 3 is 1.37 bits per heavy atom. The zero-order chi connectivity index (χ0) is 15.4. The predicted octanol–water partition coefficient (Wildman–Crippen LogP) is 3.60. The minimum atomic E-state index is -6.61. The van der Waals surface area contributed by atoms with Gasteiger partial charge in [0.25, 0.3) is 18.3 Å². The van der Waals surface area contributed by atoms with Crippen molar-refractivity contribution in [3.8, 4) is 0 Å². The van der Waals surface area contributed by atoms with Crippen LogP contribution in [0.2, 0.25) is 0 Å². The monoisotopic (exact) mass is 310 g/mol. The summed E-state index contributed by atoms with van der Waals surface area (Å²) in [5, 5.41) is 0. The molecule has 0 saturated carbocycles. The fourth-order valence-electron chi connectivity index (χ4n) is 1.13. The summed E-state index contributed by atoms with van der Waals surface area (Å²) in [6.07, 6.45) is -17.1. The van der Waals surface area contributed by atoms with E-state index >= 15 is 0 Å². The second-order valence-corrected chi connectivity index (χ2v) is 3.14. The number of rotatable bonds is 1. The molecule has 2 nitrogen and oxygen atoms in total. The second-order valence-electron chi connectivity index (χ2n) is 3.14. The van der Waals surface area contributed by atoms with Gasteiger partial charge in [0.05, 0.1) is 0 Å². The van der Waals surface area contributed by atoms with Gasteiger partial charge in [-0.2, -0.15) is 35.1 Å². The van der Waals surface area contributed by atoms with Crippen LogP contribution in [0.5, 0.6) is 0 Å². The third kappa shape index (κ3) is 2.25. The first-order valence-corrected chi connectivity index (χ1v) is 4.02.